The van der Waals surface area contributed by atoms with Crippen molar-refractivity contribution in [2.24, 2.45) is 22.2 Å². The average molecular weight is 396 g/mol. The lowest BCUT2D eigenvalue weighted by Gasteiger charge is -2.50. The van der Waals surface area contributed by atoms with Crippen molar-refractivity contribution in [3.8, 4) is 5.75 Å². The molecule has 5 rings (SSSR count). The smallest absolute Gasteiger partial charge is 0.119 e. The SMILES string of the molecule is COc1ccc2c(c1)CC[C@@H]1[C@@H]2CC[C@]2(C)[C@@H](O)[C@H](N=Cc3cccs3)C[C@@H]12. The fraction of sp³-hybridized carbons (Fsp3) is 0.542. The van der Waals surface area contributed by atoms with Gasteiger partial charge in [0.05, 0.1) is 19.3 Å². The number of nitrogens with zero attached hydrogens (tertiary/aromatic N) is 1. The van der Waals surface area contributed by atoms with Crippen LogP contribution in [0.5, 0.6) is 5.75 Å². The monoisotopic (exact) mass is 395 g/mol. The van der Waals surface area contributed by atoms with E-state index in [0.29, 0.717) is 17.8 Å². The maximum absolute atomic E-state index is 11.2. The zero-order chi connectivity index (χ0) is 19.3. The number of aliphatic imine (C=N–C) groups is 1. The second-order valence-corrected chi connectivity index (χ2v) is 10.0. The highest BCUT2D eigenvalue weighted by atomic mass is 32.1. The number of hydrogen-bond acceptors (Lipinski definition) is 4. The van der Waals surface area contributed by atoms with Crippen LogP contribution in [0, 0.1) is 17.3 Å². The summed E-state index contributed by atoms with van der Waals surface area (Å²) in [6.45, 7) is 2.32. The van der Waals surface area contributed by atoms with Crippen LogP contribution in [0.2, 0.25) is 0 Å². The lowest BCUT2D eigenvalue weighted by atomic mass is 9.55. The molecule has 3 aliphatic rings. The molecule has 28 heavy (non-hydrogen) atoms. The summed E-state index contributed by atoms with van der Waals surface area (Å²) in [4.78, 5) is 6.01. The summed E-state index contributed by atoms with van der Waals surface area (Å²) >= 11 is 1.70. The van der Waals surface area contributed by atoms with E-state index in [1.807, 2.05) is 6.21 Å². The van der Waals surface area contributed by atoms with Gasteiger partial charge >= 0.3 is 0 Å². The highest BCUT2D eigenvalue weighted by Gasteiger charge is 2.57. The van der Waals surface area contributed by atoms with Crippen LogP contribution in [0.4, 0.5) is 0 Å². The van der Waals surface area contributed by atoms with Crippen LogP contribution in [-0.4, -0.2) is 30.6 Å². The molecule has 0 spiro atoms. The zero-order valence-electron chi connectivity index (χ0n) is 16.7. The number of aliphatic hydroxyl groups is 1. The zero-order valence-corrected chi connectivity index (χ0v) is 17.5. The molecule has 3 aliphatic carbocycles. The van der Waals surface area contributed by atoms with Crippen LogP contribution < -0.4 is 4.74 Å². The van der Waals surface area contributed by atoms with Crippen molar-refractivity contribution in [1.82, 2.24) is 0 Å². The molecule has 1 aromatic carbocycles. The second kappa shape index (κ2) is 7.00. The Kier molecular flexibility index (Phi) is 4.59. The Morgan fingerprint density at radius 1 is 1.29 bits per heavy atom. The summed E-state index contributed by atoms with van der Waals surface area (Å²) in [6, 6.07) is 10.8. The molecule has 2 aromatic rings. The van der Waals surface area contributed by atoms with E-state index in [1.54, 1.807) is 18.4 Å². The molecule has 4 heteroatoms. The molecule has 3 nitrogen and oxygen atoms in total. The van der Waals surface area contributed by atoms with Crippen LogP contribution in [0.25, 0.3) is 0 Å². The Bertz CT molecular complexity index is 877. The normalized spacial score (nSPS) is 36.8. The van der Waals surface area contributed by atoms with Crippen molar-refractivity contribution >= 4 is 17.6 Å². The van der Waals surface area contributed by atoms with Crippen molar-refractivity contribution in [1.29, 1.82) is 0 Å². The Morgan fingerprint density at radius 2 is 2.18 bits per heavy atom. The molecule has 1 N–H and O–H groups in total. The first-order chi connectivity index (χ1) is 13.6. The van der Waals surface area contributed by atoms with Gasteiger partial charge in [0.15, 0.2) is 0 Å². The fourth-order valence-electron chi connectivity index (χ4n) is 6.35. The number of thiophene rings is 1. The van der Waals surface area contributed by atoms with E-state index in [9.17, 15) is 5.11 Å². The highest BCUT2D eigenvalue weighted by molar-refractivity contribution is 7.11. The summed E-state index contributed by atoms with van der Waals surface area (Å²) in [5.41, 5.74) is 3.00. The number of aryl methyl sites for hydroxylation is 1. The predicted octanol–water partition coefficient (Wildman–Crippen LogP) is 5.07. The Balaban J connectivity index is 1.41. The summed E-state index contributed by atoms with van der Waals surface area (Å²) in [7, 11) is 1.75. The Labute approximate surface area is 171 Å². The van der Waals surface area contributed by atoms with Gasteiger partial charge in [-0.2, -0.15) is 0 Å². The van der Waals surface area contributed by atoms with E-state index in [4.69, 9.17) is 9.73 Å². The molecule has 0 unspecified atom stereocenters. The number of ether oxygens (including phenoxy) is 1. The number of methoxy groups -OCH3 is 1. The summed E-state index contributed by atoms with van der Waals surface area (Å²) in [5.74, 6) is 2.82. The summed E-state index contributed by atoms with van der Waals surface area (Å²) in [6.07, 6.45) is 7.28. The van der Waals surface area contributed by atoms with Crippen molar-refractivity contribution in [2.75, 3.05) is 7.11 Å². The third-order valence-corrected chi connectivity index (χ3v) is 8.65. The van der Waals surface area contributed by atoms with Crippen molar-refractivity contribution < 1.29 is 9.84 Å². The topological polar surface area (TPSA) is 41.8 Å². The molecular formula is C24H29NO2S. The first-order valence-corrected chi connectivity index (χ1v) is 11.4. The first kappa shape index (κ1) is 18.4. The number of rotatable bonds is 3. The third kappa shape index (κ3) is 2.84. The fourth-order valence-corrected chi connectivity index (χ4v) is 6.94. The minimum absolute atomic E-state index is 0.00258. The van der Waals surface area contributed by atoms with Crippen LogP contribution in [0.15, 0.2) is 40.7 Å². The van der Waals surface area contributed by atoms with Crippen LogP contribution in [0.1, 0.15) is 54.5 Å². The lowest BCUT2D eigenvalue weighted by Crippen LogP contribution is -2.44. The number of aliphatic hydroxyl groups excluding tert-OH is 1. The van der Waals surface area contributed by atoms with Crippen molar-refractivity contribution in [2.45, 2.75) is 57.1 Å². The van der Waals surface area contributed by atoms with Gasteiger partial charge in [0.1, 0.15) is 5.75 Å². The lowest BCUT2D eigenvalue weighted by molar-refractivity contribution is -0.0254. The molecule has 148 valence electrons. The predicted molar refractivity (Wildman–Crippen MR) is 115 cm³/mol. The van der Waals surface area contributed by atoms with Gasteiger partial charge in [-0.05, 0) is 90.0 Å². The van der Waals surface area contributed by atoms with E-state index < -0.39 is 0 Å². The molecule has 0 amide bonds. The standard InChI is InChI=1S/C24H29NO2S/c1-24-10-9-19-18-8-6-16(27-2)12-15(18)5-7-20(19)21(24)13-22(23(24)26)25-14-17-4-3-11-28-17/h3-4,6,8,11-12,14,19-23,26H,5,7,9-10,13H2,1-2H3/t19-,20-,21+,22-,23+,24+/m1/s1. The number of fused-ring (bicyclic) bond motifs is 5. The molecule has 2 saturated carbocycles. The van der Waals surface area contributed by atoms with E-state index in [2.05, 4.69) is 42.6 Å². The van der Waals surface area contributed by atoms with Gasteiger partial charge in [-0.3, -0.25) is 4.99 Å². The summed E-state index contributed by atoms with van der Waals surface area (Å²) in [5, 5.41) is 13.3. The maximum Gasteiger partial charge on any atom is 0.119 e. The van der Waals surface area contributed by atoms with Crippen molar-refractivity contribution in [3.05, 3.63) is 51.7 Å². The number of benzene rings is 1. The number of hydrogen-bond donors (Lipinski definition) is 1. The maximum atomic E-state index is 11.2. The Morgan fingerprint density at radius 3 is 2.96 bits per heavy atom. The molecule has 2 fully saturated rings. The van der Waals surface area contributed by atoms with Gasteiger partial charge in [-0.25, -0.2) is 0 Å². The van der Waals surface area contributed by atoms with Crippen molar-refractivity contribution in [3.63, 3.8) is 0 Å². The first-order valence-electron chi connectivity index (χ1n) is 10.5. The van der Waals surface area contributed by atoms with E-state index in [0.717, 1.165) is 25.0 Å². The van der Waals surface area contributed by atoms with Gasteiger partial charge in [0.25, 0.3) is 0 Å². The van der Waals surface area contributed by atoms with Crippen LogP contribution in [-0.2, 0) is 6.42 Å². The van der Waals surface area contributed by atoms with Crippen LogP contribution in [0.3, 0.4) is 0 Å². The minimum atomic E-state index is -0.327. The molecule has 0 aliphatic heterocycles. The quantitative estimate of drug-likeness (QED) is 0.737. The molecule has 1 aromatic heterocycles. The molecule has 0 radical (unpaired) electrons. The van der Waals surface area contributed by atoms with Gasteiger partial charge in [-0.1, -0.05) is 19.1 Å². The second-order valence-electron chi connectivity index (χ2n) is 9.07. The molecule has 0 bridgehead atoms. The van der Waals surface area contributed by atoms with E-state index >= 15 is 0 Å². The van der Waals surface area contributed by atoms with E-state index in [-0.39, 0.29) is 17.6 Å². The van der Waals surface area contributed by atoms with Gasteiger partial charge in [-0.15, -0.1) is 11.3 Å². The molecular weight excluding hydrogens is 366 g/mol. The molecule has 0 saturated heterocycles. The minimum Gasteiger partial charge on any atom is -0.497 e. The third-order valence-electron chi connectivity index (χ3n) is 7.84. The van der Waals surface area contributed by atoms with Gasteiger partial charge in [0.2, 0.25) is 0 Å². The van der Waals surface area contributed by atoms with Gasteiger partial charge in [0, 0.05) is 11.1 Å². The largest absolute Gasteiger partial charge is 0.497 e. The molecule has 6 atom stereocenters. The van der Waals surface area contributed by atoms with E-state index in [1.165, 1.54) is 28.8 Å². The highest BCUT2D eigenvalue weighted by Crippen LogP contribution is 2.61. The molecule has 1 heterocycles. The van der Waals surface area contributed by atoms with Gasteiger partial charge < -0.3 is 9.84 Å². The Hall–Kier alpha value is -1.65. The van der Waals surface area contributed by atoms with Crippen LogP contribution >= 0.6 is 11.3 Å². The average Bonchev–Trinajstić information content (AvgIpc) is 3.32. The summed E-state index contributed by atoms with van der Waals surface area (Å²) < 4.78 is 5.44.